The Morgan fingerprint density at radius 2 is 1.48 bits per heavy atom. The summed E-state index contributed by atoms with van der Waals surface area (Å²) in [5.74, 6) is -0.512. The lowest BCUT2D eigenvalue weighted by Crippen LogP contribution is -2.37. The molecule has 2 fully saturated rings. The van der Waals surface area contributed by atoms with Crippen LogP contribution in [0.5, 0.6) is 5.75 Å². The highest BCUT2D eigenvalue weighted by atomic mass is 16.7. The van der Waals surface area contributed by atoms with Crippen molar-refractivity contribution in [1.82, 2.24) is 0 Å². The highest BCUT2D eigenvalue weighted by Gasteiger charge is 2.60. The molecule has 6 heteroatoms. The van der Waals surface area contributed by atoms with E-state index in [1.54, 1.807) is 29.3 Å². The van der Waals surface area contributed by atoms with Crippen molar-refractivity contribution in [3.8, 4) is 5.75 Å². The fourth-order valence-corrected chi connectivity index (χ4v) is 4.48. The van der Waals surface area contributed by atoms with Crippen molar-refractivity contribution in [3.63, 3.8) is 0 Å². The zero-order valence-electron chi connectivity index (χ0n) is 18.5. The minimum atomic E-state index is -0.872. The molecular formula is C27H26N2O4. The Kier molecular flexibility index (Phi) is 5.84. The van der Waals surface area contributed by atoms with E-state index in [-0.39, 0.29) is 11.8 Å². The lowest BCUT2D eigenvalue weighted by Gasteiger charge is -2.28. The second-order valence-corrected chi connectivity index (χ2v) is 8.28. The molecule has 2 aliphatic heterocycles. The van der Waals surface area contributed by atoms with Crippen molar-refractivity contribution in [2.45, 2.75) is 31.9 Å². The van der Waals surface area contributed by atoms with Crippen LogP contribution in [0.15, 0.2) is 84.9 Å². The second kappa shape index (κ2) is 9.08. The van der Waals surface area contributed by atoms with Gasteiger partial charge in [0, 0.05) is 0 Å². The summed E-state index contributed by atoms with van der Waals surface area (Å²) in [6.45, 7) is 2.75. The number of hydrogen-bond donors (Lipinski definition) is 0. The molecule has 0 N–H and O–H groups in total. The molecule has 3 atom stereocenters. The van der Waals surface area contributed by atoms with Crippen LogP contribution in [0, 0.1) is 5.92 Å². The molecule has 5 rings (SSSR count). The van der Waals surface area contributed by atoms with Gasteiger partial charge in [-0.05, 0) is 48.4 Å². The lowest BCUT2D eigenvalue weighted by molar-refractivity contribution is -0.126. The van der Waals surface area contributed by atoms with Gasteiger partial charge in [0.1, 0.15) is 11.7 Å². The number of imide groups is 1. The number of carbonyl (C=O) groups excluding carboxylic acids is 2. The third-order valence-corrected chi connectivity index (χ3v) is 6.13. The van der Waals surface area contributed by atoms with E-state index in [0.717, 1.165) is 29.8 Å². The highest BCUT2D eigenvalue weighted by Crippen LogP contribution is 2.47. The fourth-order valence-electron chi connectivity index (χ4n) is 4.48. The topological polar surface area (TPSA) is 59.1 Å². The molecule has 33 heavy (non-hydrogen) atoms. The minimum absolute atomic E-state index is 0.253. The molecule has 0 aromatic heterocycles. The summed E-state index contributed by atoms with van der Waals surface area (Å²) in [6, 6.07) is 26.0. The number of hydroxylamine groups is 1. The monoisotopic (exact) mass is 442 g/mol. The number of nitrogens with zero attached hydrogens (tertiary/aromatic N) is 2. The van der Waals surface area contributed by atoms with E-state index in [1.165, 1.54) is 4.90 Å². The smallest absolute Gasteiger partial charge is 0.266 e. The van der Waals surface area contributed by atoms with Gasteiger partial charge in [-0.15, -0.1) is 0 Å². The quantitative estimate of drug-likeness (QED) is 0.384. The number of rotatable bonds is 7. The van der Waals surface area contributed by atoms with Crippen LogP contribution >= 0.6 is 0 Å². The van der Waals surface area contributed by atoms with Gasteiger partial charge in [-0.2, -0.15) is 0 Å². The Labute approximate surface area is 193 Å². The zero-order chi connectivity index (χ0) is 22.8. The summed E-state index contributed by atoms with van der Waals surface area (Å²) >= 11 is 0. The first-order chi connectivity index (χ1) is 16.2. The summed E-state index contributed by atoms with van der Waals surface area (Å²) in [4.78, 5) is 34.4. The largest absolute Gasteiger partial charge is 0.494 e. The number of para-hydroxylation sites is 1. The number of fused-ring (bicyclic) bond motifs is 1. The van der Waals surface area contributed by atoms with Crippen molar-refractivity contribution >= 4 is 23.2 Å². The van der Waals surface area contributed by atoms with Crippen molar-refractivity contribution in [2.24, 2.45) is 5.92 Å². The van der Waals surface area contributed by atoms with E-state index in [0.29, 0.717) is 12.3 Å². The van der Waals surface area contributed by atoms with Gasteiger partial charge in [0.15, 0.2) is 6.10 Å². The third-order valence-electron chi connectivity index (χ3n) is 6.13. The number of anilines is 2. The van der Waals surface area contributed by atoms with Crippen LogP contribution in [-0.2, 0) is 14.4 Å². The van der Waals surface area contributed by atoms with E-state index >= 15 is 0 Å². The molecule has 168 valence electrons. The summed E-state index contributed by atoms with van der Waals surface area (Å²) in [7, 11) is 0. The predicted octanol–water partition coefficient (Wildman–Crippen LogP) is 4.92. The van der Waals surface area contributed by atoms with Gasteiger partial charge in [0.2, 0.25) is 5.91 Å². The molecule has 0 radical (unpaired) electrons. The van der Waals surface area contributed by atoms with Gasteiger partial charge in [0.25, 0.3) is 5.91 Å². The first-order valence-corrected chi connectivity index (χ1v) is 11.4. The molecule has 3 aromatic rings. The fraction of sp³-hybridized carbons (Fsp3) is 0.259. The Hall–Kier alpha value is -3.64. The summed E-state index contributed by atoms with van der Waals surface area (Å²) < 4.78 is 5.71. The Morgan fingerprint density at radius 3 is 2.15 bits per heavy atom. The standard InChI is InChI=1S/C27H26N2O4/c1-2-3-18-32-22-16-14-20(15-17-22)28-26(30)23-24(19-10-6-4-7-11-19)29(33-25(23)27(28)31)21-12-8-5-9-13-21/h4-17,23-25H,2-3,18H2,1H3/t23-,24+,25-/m1/s1. The molecule has 0 aliphatic carbocycles. The van der Waals surface area contributed by atoms with Gasteiger partial charge in [0.05, 0.1) is 24.0 Å². The maximum atomic E-state index is 13.6. The number of ether oxygens (including phenoxy) is 1. The second-order valence-electron chi connectivity index (χ2n) is 8.28. The molecule has 0 unspecified atom stereocenters. The molecule has 0 spiro atoms. The molecular weight excluding hydrogens is 416 g/mol. The number of unbranched alkanes of at least 4 members (excludes halogenated alkanes) is 1. The Morgan fingerprint density at radius 1 is 0.818 bits per heavy atom. The zero-order valence-corrected chi connectivity index (χ0v) is 18.5. The van der Waals surface area contributed by atoms with Crippen LogP contribution in [0.3, 0.4) is 0 Å². The van der Waals surface area contributed by atoms with E-state index in [1.807, 2.05) is 60.7 Å². The van der Waals surface area contributed by atoms with Crippen molar-refractivity contribution in [2.75, 3.05) is 16.6 Å². The summed E-state index contributed by atoms with van der Waals surface area (Å²) in [5.41, 5.74) is 2.27. The normalized spacial score (nSPS) is 22.0. The van der Waals surface area contributed by atoms with Crippen LogP contribution in [0.4, 0.5) is 11.4 Å². The van der Waals surface area contributed by atoms with E-state index in [4.69, 9.17) is 9.57 Å². The molecule has 0 saturated carbocycles. The minimum Gasteiger partial charge on any atom is -0.494 e. The Balaban J connectivity index is 1.45. The number of amides is 2. The van der Waals surface area contributed by atoms with E-state index in [2.05, 4.69) is 6.92 Å². The molecule has 2 saturated heterocycles. The molecule has 2 heterocycles. The maximum absolute atomic E-state index is 13.6. The van der Waals surface area contributed by atoms with Gasteiger partial charge in [-0.25, -0.2) is 9.96 Å². The highest BCUT2D eigenvalue weighted by molar-refractivity contribution is 6.23. The van der Waals surface area contributed by atoms with Crippen molar-refractivity contribution in [3.05, 3.63) is 90.5 Å². The first-order valence-electron chi connectivity index (χ1n) is 11.4. The number of benzene rings is 3. The third kappa shape index (κ3) is 3.87. The SMILES string of the molecule is CCCCOc1ccc(N2C(=O)[C@H]3[C@@H](ON(c4ccccc4)[C@H]3c3ccccc3)C2=O)cc1. The number of carbonyl (C=O) groups is 2. The lowest BCUT2D eigenvalue weighted by atomic mass is 9.90. The van der Waals surface area contributed by atoms with Crippen molar-refractivity contribution < 1.29 is 19.2 Å². The van der Waals surface area contributed by atoms with Crippen molar-refractivity contribution in [1.29, 1.82) is 0 Å². The average molecular weight is 443 g/mol. The van der Waals surface area contributed by atoms with Crippen LogP contribution in [-0.4, -0.2) is 24.5 Å². The van der Waals surface area contributed by atoms with Crippen LogP contribution in [0.1, 0.15) is 31.4 Å². The average Bonchev–Trinajstić information content (AvgIpc) is 3.37. The van der Waals surface area contributed by atoms with Gasteiger partial charge >= 0.3 is 0 Å². The van der Waals surface area contributed by atoms with Crippen LogP contribution < -0.4 is 14.7 Å². The number of hydrogen-bond acceptors (Lipinski definition) is 5. The molecule has 6 nitrogen and oxygen atoms in total. The maximum Gasteiger partial charge on any atom is 0.266 e. The van der Waals surface area contributed by atoms with Crippen LogP contribution in [0.25, 0.3) is 0 Å². The molecule has 2 amide bonds. The van der Waals surface area contributed by atoms with Gasteiger partial charge in [-0.1, -0.05) is 61.9 Å². The van der Waals surface area contributed by atoms with Gasteiger partial charge < -0.3 is 4.74 Å². The summed E-state index contributed by atoms with van der Waals surface area (Å²) in [5, 5.41) is 1.71. The summed E-state index contributed by atoms with van der Waals surface area (Å²) in [6.07, 6.45) is 1.16. The predicted molar refractivity (Wildman–Crippen MR) is 126 cm³/mol. The van der Waals surface area contributed by atoms with E-state index in [9.17, 15) is 9.59 Å². The van der Waals surface area contributed by atoms with Crippen LogP contribution in [0.2, 0.25) is 0 Å². The van der Waals surface area contributed by atoms with E-state index < -0.39 is 18.1 Å². The van der Waals surface area contributed by atoms with Gasteiger partial charge in [-0.3, -0.25) is 14.4 Å². The first kappa shape index (κ1) is 21.2. The Bertz CT molecular complexity index is 1120. The molecule has 3 aromatic carbocycles. The molecule has 0 bridgehead atoms. The molecule has 2 aliphatic rings.